The zero-order chi connectivity index (χ0) is 23.2. The Labute approximate surface area is 190 Å². The largest absolute Gasteiger partial charge is 0.478 e. The molecular weight excluding hydrogens is 390 g/mol. The van der Waals surface area contributed by atoms with Crippen LogP contribution >= 0.6 is 0 Å². The van der Waals surface area contributed by atoms with Crippen molar-refractivity contribution >= 4 is 17.8 Å². The van der Waals surface area contributed by atoms with E-state index in [1.54, 1.807) is 0 Å². The van der Waals surface area contributed by atoms with Gasteiger partial charge in [-0.05, 0) is 6.42 Å². The lowest BCUT2D eigenvalue weighted by Crippen LogP contribution is -2.21. The third-order valence-corrected chi connectivity index (χ3v) is 5.90. The van der Waals surface area contributed by atoms with Crippen LogP contribution in [-0.4, -0.2) is 22.9 Å². The number of amides is 2. The Morgan fingerprint density at radius 1 is 0.839 bits per heavy atom. The molecule has 1 saturated heterocycles. The lowest BCUT2D eigenvalue weighted by atomic mass is 9.98. The maximum atomic E-state index is 11.5. The van der Waals surface area contributed by atoms with Crippen LogP contribution in [0.5, 0.6) is 0 Å². The highest BCUT2D eigenvalue weighted by atomic mass is 16.4. The van der Waals surface area contributed by atoms with E-state index in [1.807, 2.05) is 0 Å². The second-order valence-corrected chi connectivity index (χ2v) is 8.80. The van der Waals surface area contributed by atoms with E-state index in [9.17, 15) is 14.4 Å². The Balaban J connectivity index is 0.00000161. The molecule has 1 aliphatic rings. The number of unbranched alkanes of at least 4 members (excludes halogenated alkanes) is 16. The van der Waals surface area contributed by atoms with Crippen LogP contribution in [0.2, 0.25) is 0 Å². The molecular formula is C26H47NO4. The van der Waals surface area contributed by atoms with Crippen LogP contribution in [0, 0.1) is 5.92 Å². The van der Waals surface area contributed by atoms with Crippen molar-refractivity contribution in [3.05, 3.63) is 12.7 Å². The molecule has 1 aliphatic heterocycles. The smallest absolute Gasteiger partial charge is 0.327 e. The summed E-state index contributed by atoms with van der Waals surface area (Å²) in [6, 6.07) is 0. The van der Waals surface area contributed by atoms with Crippen LogP contribution in [0.3, 0.4) is 0 Å². The number of carbonyl (C=O) groups excluding carboxylic acids is 2. The van der Waals surface area contributed by atoms with Crippen molar-refractivity contribution in [3.8, 4) is 0 Å². The highest BCUT2D eigenvalue weighted by Gasteiger charge is 2.29. The predicted octanol–water partition coefficient (Wildman–Crippen LogP) is 6.95. The summed E-state index contributed by atoms with van der Waals surface area (Å²) in [5.74, 6) is -1.16. The molecule has 31 heavy (non-hydrogen) atoms. The maximum absolute atomic E-state index is 11.5. The van der Waals surface area contributed by atoms with Crippen molar-refractivity contribution in [1.29, 1.82) is 0 Å². The molecule has 2 amide bonds. The molecule has 0 aromatic heterocycles. The van der Waals surface area contributed by atoms with E-state index in [0.29, 0.717) is 6.42 Å². The highest BCUT2D eigenvalue weighted by Crippen LogP contribution is 2.19. The number of carboxylic acid groups (broad SMARTS) is 1. The van der Waals surface area contributed by atoms with E-state index in [0.717, 1.165) is 18.9 Å². The first-order chi connectivity index (χ1) is 15.0. The molecule has 1 atom stereocenters. The summed E-state index contributed by atoms with van der Waals surface area (Å²) in [6.07, 6.45) is 25.4. The van der Waals surface area contributed by atoms with Gasteiger partial charge in [-0.1, -0.05) is 123 Å². The Morgan fingerprint density at radius 2 is 1.19 bits per heavy atom. The third kappa shape index (κ3) is 20.0. The van der Waals surface area contributed by atoms with Gasteiger partial charge in [0.05, 0.1) is 0 Å². The van der Waals surface area contributed by atoms with Crippen molar-refractivity contribution in [3.63, 3.8) is 0 Å². The molecule has 0 aliphatic carbocycles. The van der Waals surface area contributed by atoms with Gasteiger partial charge in [0, 0.05) is 18.4 Å². The number of nitrogens with one attached hydrogen (secondary N) is 1. The van der Waals surface area contributed by atoms with Crippen molar-refractivity contribution in [2.45, 2.75) is 129 Å². The molecule has 0 saturated carbocycles. The first-order valence-electron chi connectivity index (χ1n) is 12.7. The summed E-state index contributed by atoms with van der Waals surface area (Å²) in [4.78, 5) is 31.8. The van der Waals surface area contributed by atoms with E-state index in [1.165, 1.54) is 103 Å². The fourth-order valence-electron chi connectivity index (χ4n) is 3.96. The molecule has 5 heteroatoms. The predicted molar refractivity (Wildman–Crippen MR) is 128 cm³/mol. The summed E-state index contributed by atoms with van der Waals surface area (Å²) in [7, 11) is 0. The molecule has 0 aromatic rings. The Kier molecular flexibility index (Phi) is 20.4. The summed E-state index contributed by atoms with van der Waals surface area (Å²) in [5.41, 5.74) is 0. The number of rotatable bonds is 19. The summed E-state index contributed by atoms with van der Waals surface area (Å²) < 4.78 is 0. The van der Waals surface area contributed by atoms with Crippen LogP contribution in [0.25, 0.3) is 0 Å². The van der Waals surface area contributed by atoms with Crippen LogP contribution in [-0.2, 0) is 14.4 Å². The minimum atomic E-state index is -0.981. The number of carbonyl (C=O) groups is 3. The molecule has 0 bridgehead atoms. The molecule has 1 unspecified atom stereocenters. The summed E-state index contributed by atoms with van der Waals surface area (Å²) in [6.45, 7) is 5.24. The van der Waals surface area contributed by atoms with E-state index >= 15 is 0 Å². The van der Waals surface area contributed by atoms with Crippen LogP contribution in [0.15, 0.2) is 12.7 Å². The normalized spacial score (nSPS) is 15.3. The summed E-state index contributed by atoms with van der Waals surface area (Å²) >= 11 is 0. The van der Waals surface area contributed by atoms with Crippen LogP contribution in [0.4, 0.5) is 0 Å². The standard InChI is InChI=1S/C23H43NO2.C3H4O2/c1-2-3-4-5-6-7-8-9-10-11-12-13-14-15-16-17-18-19-21-20-22(25)24-23(21)26;1-2-3(4)5/h21H,2-20H2,1H3,(H,24,25,26);2H,1H2,(H,4,5). The fourth-order valence-corrected chi connectivity index (χ4v) is 3.96. The van der Waals surface area contributed by atoms with Gasteiger partial charge < -0.3 is 5.11 Å². The van der Waals surface area contributed by atoms with E-state index in [2.05, 4.69) is 18.8 Å². The van der Waals surface area contributed by atoms with Crippen LogP contribution in [0.1, 0.15) is 129 Å². The van der Waals surface area contributed by atoms with Crippen molar-refractivity contribution in [2.75, 3.05) is 0 Å². The first kappa shape index (κ1) is 29.4. The molecule has 180 valence electrons. The van der Waals surface area contributed by atoms with Gasteiger partial charge in [0.25, 0.3) is 0 Å². The first-order valence-corrected chi connectivity index (χ1v) is 12.7. The van der Waals surface area contributed by atoms with Gasteiger partial charge in [-0.25, -0.2) is 4.79 Å². The zero-order valence-electron chi connectivity index (χ0n) is 20.0. The minimum Gasteiger partial charge on any atom is -0.478 e. The highest BCUT2D eigenvalue weighted by molar-refractivity contribution is 6.03. The van der Waals surface area contributed by atoms with Gasteiger partial charge in [-0.3, -0.25) is 14.9 Å². The monoisotopic (exact) mass is 437 g/mol. The second-order valence-electron chi connectivity index (χ2n) is 8.80. The van der Waals surface area contributed by atoms with Gasteiger partial charge in [0.1, 0.15) is 0 Å². The lowest BCUT2D eigenvalue weighted by molar-refractivity contribution is -0.131. The zero-order valence-corrected chi connectivity index (χ0v) is 20.0. The Hall–Kier alpha value is -1.65. The number of hydrogen-bond acceptors (Lipinski definition) is 3. The molecule has 0 radical (unpaired) electrons. The van der Waals surface area contributed by atoms with Crippen molar-refractivity contribution in [1.82, 2.24) is 5.32 Å². The Bertz CT molecular complexity index is 490. The third-order valence-electron chi connectivity index (χ3n) is 5.90. The molecule has 5 nitrogen and oxygen atoms in total. The average Bonchev–Trinajstić information content (AvgIpc) is 3.07. The minimum absolute atomic E-state index is 0.0427. The van der Waals surface area contributed by atoms with Crippen LogP contribution < -0.4 is 5.32 Å². The molecule has 1 rings (SSSR count). The number of imide groups is 1. The molecule has 2 N–H and O–H groups in total. The van der Waals surface area contributed by atoms with E-state index in [-0.39, 0.29) is 17.7 Å². The molecule has 0 spiro atoms. The molecule has 0 aromatic carbocycles. The SMILES string of the molecule is C=CC(=O)O.CCCCCCCCCCCCCCCCCCCC1CC(=O)NC1=O. The van der Waals surface area contributed by atoms with Gasteiger partial charge in [-0.2, -0.15) is 0 Å². The summed E-state index contributed by atoms with van der Waals surface area (Å²) in [5, 5.41) is 10.00. The quantitative estimate of drug-likeness (QED) is 0.130. The maximum Gasteiger partial charge on any atom is 0.327 e. The van der Waals surface area contributed by atoms with Gasteiger partial charge in [0.15, 0.2) is 0 Å². The van der Waals surface area contributed by atoms with Gasteiger partial charge >= 0.3 is 5.97 Å². The molecule has 1 heterocycles. The lowest BCUT2D eigenvalue weighted by Gasteiger charge is -2.06. The van der Waals surface area contributed by atoms with Crippen molar-refractivity contribution < 1.29 is 19.5 Å². The van der Waals surface area contributed by atoms with Gasteiger partial charge in [-0.15, -0.1) is 0 Å². The van der Waals surface area contributed by atoms with E-state index in [4.69, 9.17) is 5.11 Å². The molecule has 1 fully saturated rings. The Morgan fingerprint density at radius 3 is 1.48 bits per heavy atom. The number of hydrogen-bond donors (Lipinski definition) is 2. The number of carboxylic acids is 1. The van der Waals surface area contributed by atoms with Crippen molar-refractivity contribution in [2.24, 2.45) is 5.92 Å². The van der Waals surface area contributed by atoms with Gasteiger partial charge in [0.2, 0.25) is 11.8 Å². The topological polar surface area (TPSA) is 83.5 Å². The van der Waals surface area contributed by atoms with E-state index < -0.39 is 5.97 Å². The average molecular weight is 438 g/mol. The fraction of sp³-hybridized carbons (Fsp3) is 0.808. The second kappa shape index (κ2) is 21.6. The number of aliphatic carboxylic acids is 1.